The minimum Gasteiger partial charge on any atom is -0.507 e. The quantitative estimate of drug-likeness (QED) is 0.513. The minimum absolute atomic E-state index is 0.197. The second-order valence-electron chi connectivity index (χ2n) is 4.47. The van der Waals surface area contributed by atoms with Gasteiger partial charge < -0.3 is 5.11 Å². The highest BCUT2D eigenvalue weighted by atomic mass is 79.9. The molecule has 110 valence electrons. The molecule has 2 N–H and O–H groups in total. The van der Waals surface area contributed by atoms with Gasteiger partial charge in [-0.25, -0.2) is 4.98 Å². The molecule has 6 heteroatoms. The number of phenols is 1. The normalized spacial score (nSPS) is 11.0. The molecule has 4 nitrogen and oxygen atoms in total. The Bertz CT molecular complexity index is 799. The summed E-state index contributed by atoms with van der Waals surface area (Å²) < 4.78 is 1.04. The molecule has 1 heterocycles. The number of hydrazone groups is 1. The highest BCUT2D eigenvalue weighted by Crippen LogP contribution is 2.26. The Morgan fingerprint density at radius 2 is 1.91 bits per heavy atom. The molecule has 0 saturated heterocycles. The van der Waals surface area contributed by atoms with Crippen LogP contribution in [0.15, 0.2) is 63.5 Å². The first-order valence-corrected chi connectivity index (χ1v) is 8.18. The van der Waals surface area contributed by atoms with Gasteiger partial charge in [-0.1, -0.05) is 40.2 Å². The van der Waals surface area contributed by atoms with Gasteiger partial charge in [0.05, 0.1) is 11.9 Å². The largest absolute Gasteiger partial charge is 0.507 e. The zero-order chi connectivity index (χ0) is 15.4. The summed E-state index contributed by atoms with van der Waals surface area (Å²) >= 11 is 4.89. The van der Waals surface area contributed by atoms with Crippen LogP contribution in [0.2, 0.25) is 0 Å². The molecule has 1 aromatic heterocycles. The van der Waals surface area contributed by atoms with E-state index in [9.17, 15) is 5.11 Å². The summed E-state index contributed by atoms with van der Waals surface area (Å²) in [6, 6.07) is 15.0. The van der Waals surface area contributed by atoms with E-state index < -0.39 is 0 Å². The number of nitrogens with one attached hydrogen (secondary N) is 1. The van der Waals surface area contributed by atoms with Crippen LogP contribution in [0, 0.1) is 0 Å². The van der Waals surface area contributed by atoms with Crippen LogP contribution >= 0.6 is 27.3 Å². The molecule has 0 radical (unpaired) electrons. The van der Waals surface area contributed by atoms with Crippen LogP contribution in [0.3, 0.4) is 0 Å². The number of aromatic nitrogens is 1. The van der Waals surface area contributed by atoms with Crippen molar-refractivity contribution in [3.8, 4) is 17.0 Å². The fourth-order valence-electron chi connectivity index (χ4n) is 1.83. The van der Waals surface area contributed by atoms with Gasteiger partial charge in [-0.3, -0.25) is 5.43 Å². The molecular formula is C16H12BrN3OS. The van der Waals surface area contributed by atoms with Crippen molar-refractivity contribution in [2.24, 2.45) is 5.10 Å². The third-order valence-electron chi connectivity index (χ3n) is 2.94. The second-order valence-corrected chi connectivity index (χ2v) is 6.25. The number of benzene rings is 2. The number of rotatable bonds is 4. The highest BCUT2D eigenvalue weighted by Gasteiger charge is 2.03. The molecule has 0 bridgehead atoms. The maximum atomic E-state index is 9.65. The molecule has 0 amide bonds. The van der Waals surface area contributed by atoms with Crippen molar-refractivity contribution in [1.29, 1.82) is 0 Å². The summed E-state index contributed by atoms with van der Waals surface area (Å²) in [6.07, 6.45) is 1.57. The Morgan fingerprint density at radius 3 is 2.68 bits per heavy atom. The van der Waals surface area contributed by atoms with Crippen molar-refractivity contribution in [3.05, 3.63) is 63.9 Å². The van der Waals surface area contributed by atoms with Gasteiger partial charge in [-0.2, -0.15) is 5.10 Å². The summed E-state index contributed by atoms with van der Waals surface area (Å²) in [6.45, 7) is 0. The Morgan fingerprint density at radius 1 is 1.14 bits per heavy atom. The van der Waals surface area contributed by atoms with Crippen molar-refractivity contribution in [2.75, 3.05) is 5.43 Å². The van der Waals surface area contributed by atoms with Gasteiger partial charge in [0.25, 0.3) is 0 Å². The van der Waals surface area contributed by atoms with E-state index in [0.29, 0.717) is 10.7 Å². The van der Waals surface area contributed by atoms with Gasteiger partial charge in [0.1, 0.15) is 5.75 Å². The molecule has 0 spiro atoms. The number of thiazole rings is 1. The Balaban J connectivity index is 1.70. The molecule has 0 aliphatic heterocycles. The summed E-state index contributed by atoms with van der Waals surface area (Å²) in [5.41, 5.74) is 5.48. The summed E-state index contributed by atoms with van der Waals surface area (Å²) in [5.74, 6) is 0.197. The van der Waals surface area contributed by atoms with E-state index in [-0.39, 0.29) is 5.75 Å². The van der Waals surface area contributed by atoms with E-state index in [1.54, 1.807) is 24.4 Å². The lowest BCUT2D eigenvalue weighted by molar-refractivity contribution is 0.474. The third kappa shape index (κ3) is 3.52. The van der Waals surface area contributed by atoms with Gasteiger partial charge in [0.15, 0.2) is 0 Å². The number of halogens is 1. The molecule has 0 aliphatic rings. The SMILES string of the molecule is Oc1ccccc1C=NNc1nc(-c2ccc(Br)cc2)cs1. The number of nitrogens with zero attached hydrogens (tertiary/aromatic N) is 2. The third-order valence-corrected chi connectivity index (χ3v) is 4.22. The number of aromatic hydroxyl groups is 1. The van der Waals surface area contributed by atoms with Crippen LogP contribution in [-0.4, -0.2) is 16.3 Å². The molecule has 0 aliphatic carbocycles. The van der Waals surface area contributed by atoms with Crippen LogP contribution in [0.25, 0.3) is 11.3 Å². The van der Waals surface area contributed by atoms with E-state index in [1.165, 1.54) is 11.3 Å². The van der Waals surface area contributed by atoms with Crippen molar-refractivity contribution in [1.82, 2.24) is 4.98 Å². The van der Waals surface area contributed by atoms with Crippen LogP contribution in [0.4, 0.5) is 5.13 Å². The summed E-state index contributed by atoms with van der Waals surface area (Å²) in [5, 5.41) is 16.4. The monoisotopic (exact) mass is 373 g/mol. The van der Waals surface area contributed by atoms with Crippen LogP contribution < -0.4 is 5.43 Å². The van der Waals surface area contributed by atoms with Gasteiger partial charge in [0, 0.05) is 21.0 Å². The van der Waals surface area contributed by atoms with E-state index in [0.717, 1.165) is 15.7 Å². The smallest absolute Gasteiger partial charge is 0.203 e. The van der Waals surface area contributed by atoms with E-state index >= 15 is 0 Å². The number of phenolic OH excluding ortho intramolecular Hbond substituents is 1. The van der Waals surface area contributed by atoms with E-state index in [1.807, 2.05) is 35.7 Å². The molecule has 2 aromatic carbocycles. The fourth-order valence-corrected chi connectivity index (χ4v) is 2.76. The van der Waals surface area contributed by atoms with Crippen molar-refractivity contribution in [2.45, 2.75) is 0 Å². The molecule has 0 saturated carbocycles. The zero-order valence-corrected chi connectivity index (χ0v) is 13.8. The summed E-state index contributed by atoms with van der Waals surface area (Å²) in [7, 11) is 0. The molecule has 0 fully saturated rings. The van der Waals surface area contributed by atoms with Crippen molar-refractivity contribution in [3.63, 3.8) is 0 Å². The summed E-state index contributed by atoms with van der Waals surface area (Å²) in [4.78, 5) is 4.48. The number of anilines is 1. The Hall–Kier alpha value is -2.18. The molecular weight excluding hydrogens is 362 g/mol. The maximum Gasteiger partial charge on any atom is 0.203 e. The molecule has 0 atom stereocenters. The van der Waals surface area contributed by atoms with E-state index in [2.05, 4.69) is 31.4 Å². The second kappa shape index (κ2) is 6.72. The predicted molar refractivity (Wildman–Crippen MR) is 94.6 cm³/mol. The van der Waals surface area contributed by atoms with Gasteiger partial charge in [-0.15, -0.1) is 11.3 Å². The molecule has 3 rings (SSSR count). The topological polar surface area (TPSA) is 57.5 Å². The number of hydrogen-bond donors (Lipinski definition) is 2. The highest BCUT2D eigenvalue weighted by molar-refractivity contribution is 9.10. The van der Waals surface area contributed by atoms with Crippen molar-refractivity contribution < 1.29 is 5.11 Å². The number of hydrogen-bond acceptors (Lipinski definition) is 5. The van der Waals surface area contributed by atoms with Crippen LogP contribution in [0.1, 0.15) is 5.56 Å². The Labute approximate surface area is 140 Å². The lowest BCUT2D eigenvalue weighted by atomic mass is 10.2. The maximum absolute atomic E-state index is 9.65. The fraction of sp³-hybridized carbons (Fsp3) is 0. The average Bonchev–Trinajstić information content (AvgIpc) is 2.99. The van der Waals surface area contributed by atoms with Gasteiger partial charge >= 0.3 is 0 Å². The first-order chi connectivity index (χ1) is 10.7. The average molecular weight is 374 g/mol. The molecule has 3 aromatic rings. The van der Waals surface area contributed by atoms with Gasteiger partial charge in [0.2, 0.25) is 5.13 Å². The van der Waals surface area contributed by atoms with Crippen LogP contribution in [0.5, 0.6) is 5.75 Å². The number of para-hydroxylation sites is 1. The lowest BCUT2D eigenvalue weighted by Crippen LogP contribution is -1.90. The van der Waals surface area contributed by atoms with Gasteiger partial charge in [-0.05, 0) is 24.3 Å². The van der Waals surface area contributed by atoms with Crippen LogP contribution in [-0.2, 0) is 0 Å². The predicted octanol–water partition coefficient (Wildman–Crippen LogP) is 4.72. The Kier molecular flexibility index (Phi) is 4.50. The first kappa shape index (κ1) is 14.7. The zero-order valence-electron chi connectivity index (χ0n) is 11.4. The first-order valence-electron chi connectivity index (χ1n) is 6.51. The standard InChI is InChI=1S/C16H12BrN3OS/c17-13-7-5-11(6-8-13)14-10-22-16(19-14)20-18-9-12-3-1-2-4-15(12)21/h1-10,21H,(H,19,20). The molecule has 0 unspecified atom stereocenters. The lowest BCUT2D eigenvalue weighted by Gasteiger charge is -1.98. The minimum atomic E-state index is 0.197. The molecule has 22 heavy (non-hydrogen) atoms. The van der Waals surface area contributed by atoms with E-state index in [4.69, 9.17) is 0 Å². The van der Waals surface area contributed by atoms with Crippen molar-refractivity contribution >= 4 is 38.6 Å².